The molecule has 0 saturated heterocycles. The van der Waals surface area contributed by atoms with Gasteiger partial charge in [-0.25, -0.2) is 9.59 Å². The number of benzene rings is 2. The van der Waals surface area contributed by atoms with Gasteiger partial charge in [0.05, 0.1) is 30.6 Å². The Bertz CT molecular complexity index is 1060. The minimum absolute atomic E-state index is 0.150. The van der Waals surface area contributed by atoms with Gasteiger partial charge >= 0.3 is 11.9 Å². The van der Waals surface area contributed by atoms with Crippen LogP contribution in [0.1, 0.15) is 19.4 Å². The van der Waals surface area contributed by atoms with Crippen LogP contribution >= 0.6 is 0 Å². The number of esters is 2. The van der Waals surface area contributed by atoms with Crippen LogP contribution in [0.3, 0.4) is 0 Å². The zero-order valence-electron chi connectivity index (χ0n) is 17.5. The fraction of sp³-hybridized carbons (Fsp3) is 0.208. The minimum Gasteiger partial charge on any atom is -0.487 e. The smallest absolute Gasteiger partial charge is 0.347 e. The Hall–Kier alpha value is -3.87. The van der Waals surface area contributed by atoms with Crippen LogP contribution in [0.2, 0.25) is 0 Å². The van der Waals surface area contributed by atoms with E-state index in [1.807, 2.05) is 48.5 Å². The Kier molecular flexibility index (Phi) is 7.59. The van der Waals surface area contributed by atoms with Crippen LogP contribution in [0.15, 0.2) is 72.6 Å². The van der Waals surface area contributed by atoms with Crippen molar-refractivity contribution in [2.45, 2.75) is 20.5 Å². The Morgan fingerprint density at radius 1 is 0.968 bits per heavy atom. The van der Waals surface area contributed by atoms with E-state index >= 15 is 0 Å². The number of carbonyl (C=O) groups excluding carboxylic acids is 2. The molecule has 2 aromatic carbocycles. The quantitative estimate of drug-likeness (QED) is 0.240. The van der Waals surface area contributed by atoms with Crippen molar-refractivity contribution in [3.63, 3.8) is 0 Å². The van der Waals surface area contributed by atoms with Gasteiger partial charge in [-0.05, 0) is 31.5 Å². The van der Waals surface area contributed by atoms with E-state index in [1.165, 1.54) is 6.20 Å². The van der Waals surface area contributed by atoms with Crippen molar-refractivity contribution < 1.29 is 23.8 Å². The number of fused-ring (bicyclic) bond motifs is 1. The predicted octanol–water partition coefficient (Wildman–Crippen LogP) is 4.24. The fourth-order valence-electron chi connectivity index (χ4n) is 2.85. The lowest BCUT2D eigenvalue weighted by atomic mass is 10.2. The third-order valence-electron chi connectivity index (χ3n) is 4.30. The molecular weight excluding hydrogens is 396 g/mol. The van der Waals surface area contributed by atoms with E-state index in [9.17, 15) is 9.59 Å². The Morgan fingerprint density at radius 3 is 2.35 bits per heavy atom. The monoisotopic (exact) mass is 420 g/mol. The first-order valence-electron chi connectivity index (χ1n) is 9.98. The lowest BCUT2D eigenvalue weighted by Gasteiger charge is -2.10. The van der Waals surface area contributed by atoms with Crippen molar-refractivity contribution in [1.82, 2.24) is 4.98 Å². The molecule has 0 bridgehead atoms. The van der Waals surface area contributed by atoms with Crippen LogP contribution < -0.4 is 10.1 Å². The van der Waals surface area contributed by atoms with E-state index in [2.05, 4.69) is 10.3 Å². The number of hydrogen-bond donors (Lipinski definition) is 1. The second-order valence-electron chi connectivity index (χ2n) is 6.47. The molecule has 1 N–H and O–H groups in total. The fourth-order valence-corrected chi connectivity index (χ4v) is 2.85. The molecular formula is C24H24N2O5. The molecule has 31 heavy (non-hydrogen) atoms. The molecule has 7 heteroatoms. The third-order valence-corrected chi connectivity index (χ3v) is 4.30. The molecule has 1 aromatic heterocycles. The van der Waals surface area contributed by atoms with E-state index in [0.717, 1.165) is 10.9 Å². The van der Waals surface area contributed by atoms with Gasteiger partial charge in [-0.1, -0.05) is 42.5 Å². The summed E-state index contributed by atoms with van der Waals surface area (Å²) in [5, 5.41) is 3.82. The lowest BCUT2D eigenvalue weighted by Crippen LogP contribution is -2.19. The SMILES string of the molecule is CCOC(=O)C(=CNc1cccc2cc(OCc3ccccc3)cnc12)C(=O)OCC. The minimum atomic E-state index is -0.752. The molecule has 0 amide bonds. The number of anilines is 1. The molecule has 0 unspecified atom stereocenters. The molecule has 0 saturated carbocycles. The van der Waals surface area contributed by atoms with Crippen LogP contribution in [0.5, 0.6) is 5.75 Å². The van der Waals surface area contributed by atoms with Crippen molar-refractivity contribution in [3.05, 3.63) is 78.1 Å². The van der Waals surface area contributed by atoms with Crippen molar-refractivity contribution in [2.24, 2.45) is 0 Å². The number of hydrogen-bond acceptors (Lipinski definition) is 7. The Labute approximate surface area is 180 Å². The van der Waals surface area contributed by atoms with Gasteiger partial charge in [0.2, 0.25) is 0 Å². The first kappa shape index (κ1) is 21.8. The van der Waals surface area contributed by atoms with Crippen molar-refractivity contribution >= 4 is 28.5 Å². The molecule has 7 nitrogen and oxygen atoms in total. The average molecular weight is 420 g/mol. The van der Waals surface area contributed by atoms with Gasteiger partial charge in [0.15, 0.2) is 5.57 Å². The normalized spacial score (nSPS) is 10.3. The highest BCUT2D eigenvalue weighted by Crippen LogP contribution is 2.25. The van der Waals surface area contributed by atoms with E-state index < -0.39 is 11.9 Å². The number of aromatic nitrogens is 1. The van der Waals surface area contributed by atoms with Crippen LogP contribution in [-0.2, 0) is 25.7 Å². The molecule has 160 valence electrons. The summed E-state index contributed by atoms with van der Waals surface area (Å²) in [6, 6.07) is 17.3. The lowest BCUT2D eigenvalue weighted by molar-refractivity contribution is -0.146. The summed E-state index contributed by atoms with van der Waals surface area (Å²) in [6.45, 7) is 4.08. The Balaban J connectivity index is 1.80. The van der Waals surface area contributed by atoms with Crippen LogP contribution in [0.4, 0.5) is 5.69 Å². The van der Waals surface area contributed by atoms with Gasteiger partial charge in [-0.2, -0.15) is 0 Å². The number of ether oxygens (including phenoxy) is 3. The molecule has 1 heterocycles. The molecule has 3 aromatic rings. The van der Waals surface area contributed by atoms with Gasteiger partial charge in [0.1, 0.15) is 12.4 Å². The summed E-state index contributed by atoms with van der Waals surface area (Å²) in [5.74, 6) is -0.862. The zero-order valence-corrected chi connectivity index (χ0v) is 17.5. The highest BCUT2D eigenvalue weighted by atomic mass is 16.6. The number of pyridine rings is 1. The molecule has 0 fully saturated rings. The zero-order chi connectivity index (χ0) is 22.1. The predicted molar refractivity (Wildman–Crippen MR) is 117 cm³/mol. The summed E-state index contributed by atoms with van der Waals surface area (Å²) >= 11 is 0. The molecule has 0 aliphatic rings. The van der Waals surface area contributed by atoms with Gasteiger partial charge in [-0.3, -0.25) is 4.98 Å². The first-order valence-corrected chi connectivity index (χ1v) is 9.98. The second-order valence-corrected chi connectivity index (χ2v) is 6.47. The number of carbonyl (C=O) groups is 2. The number of nitrogens with zero attached hydrogens (tertiary/aromatic N) is 1. The van der Waals surface area contributed by atoms with E-state index in [-0.39, 0.29) is 18.8 Å². The number of rotatable bonds is 9. The number of nitrogens with one attached hydrogen (secondary N) is 1. The van der Waals surface area contributed by atoms with Crippen molar-refractivity contribution in [3.8, 4) is 5.75 Å². The highest BCUT2D eigenvalue weighted by molar-refractivity contribution is 6.14. The topological polar surface area (TPSA) is 86.8 Å². The van der Waals surface area contributed by atoms with E-state index in [4.69, 9.17) is 14.2 Å². The van der Waals surface area contributed by atoms with Crippen LogP contribution in [0, 0.1) is 0 Å². The maximum atomic E-state index is 12.1. The van der Waals surface area contributed by atoms with Crippen molar-refractivity contribution in [1.29, 1.82) is 0 Å². The van der Waals surface area contributed by atoms with Gasteiger partial charge in [-0.15, -0.1) is 0 Å². The van der Waals surface area contributed by atoms with E-state index in [0.29, 0.717) is 23.6 Å². The van der Waals surface area contributed by atoms with Gasteiger partial charge < -0.3 is 19.5 Å². The van der Waals surface area contributed by atoms with E-state index in [1.54, 1.807) is 26.1 Å². The standard InChI is InChI=1S/C24H24N2O5/c1-3-29-23(27)20(24(28)30-4-2)15-25-21-12-8-11-18-13-19(14-26-22(18)21)31-16-17-9-6-5-7-10-17/h5-15,25H,3-4,16H2,1-2H3. The molecule has 0 aliphatic carbocycles. The third kappa shape index (κ3) is 5.82. The van der Waals surface area contributed by atoms with Crippen molar-refractivity contribution in [2.75, 3.05) is 18.5 Å². The first-order chi connectivity index (χ1) is 15.1. The summed E-state index contributed by atoms with van der Waals surface area (Å²) < 4.78 is 15.7. The number of para-hydroxylation sites is 1. The second kappa shape index (κ2) is 10.8. The maximum Gasteiger partial charge on any atom is 0.347 e. The van der Waals surface area contributed by atoms with Crippen LogP contribution in [0.25, 0.3) is 10.9 Å². The maximum absolute atomic E-state index is 12.1. The van der Waals surface area contributed by atoms with Gasteiger partial charge in [0, 0.05) is 11.6 Å². The molecule has 0 spiro atoms. The molecule has 0 radical (unpaired) electrons. The summed E-state index contributed by atoms with van der Waals surface area (Å²) in [6.07, 6.45) is 2.92. The summed E-state index contributed by atoms with van der Waals surface area (Å²) in [5.41, 5.74) is 2.13. The molecule has 0 aliphatic heterocycles. The Morgan fingerprint density at radius 2 is 1.68 bits per heavy atom. The highest BCUT2D eigenvalue weighted by Gasteiger charge is 2.21. The molecule has 3 rings (SSSR count). The van der Waals surface area contributed by atoms with Crippen LogP contribution in [-0.4, -0.2) is 30.1 Å². The average Bonchev–Trinajstić information content (AvgIpc) is 2.79. The van der Waals surface area contributed by atoms with Gasteiger partial charge in [0.25, 0.3) is 0 Å². The largest absolute Gasteiger partial charge is 0.487 e. The summed E-state index contributed by atoms with van der Waals surface area (Å²) in [7, 11) is 0. The summed E-state index contributed by atoms with van der Waals surface area (Å²) in [4.78, 5) is 28.7. The molecule has 0 atom stereocenters.